The number of benzene rings is 2. The summed E-state index contributed by atoms with van der Waals surface area (Å²) in [5.74, 6) is -0.122. The topological polar surface area (TPSA) is 104 Å². The largest absolute Gasteiger partial charge is 0.484 e. The zero-order valence-corrected chi connectivity index (χ0v) is 17.3. The molecule has 3 rings (SSSR count). The fraction of sp³-hybridized carbons (Fsp3) is 0.348. The number of nitrogens with one attached hydrogen (secondary N) is 2. The number of ether oxygens (including phenoxy) is 2. The monoisotopic (exact) mass is 422 g/mol. The van der Waals surface area contributed by atoms with E-state index in [0.29, 0.717) is 29.1 Å². The van der Waals surface area contributed by atoms with Crippen LogP contribution in [0, 0.1) is 11.3 Å². The van der Waals surface area contributed by atoms with Gasteiger partial charge in [0.1, 0.15) is 5.75 Å². The normalized spacial score (nSPS) is 13.8. The van der Waals surface area contributed by atoms with Crippen molar-refractivity contribution in [2.75, 3.05) is 51.3 Å². The van der Waals surface area contributed by atoms with E-state index < -0.39 is 0 Å². The molecule has 0 unspecified atom stereocenters. The molecule has 162 valence electrons. The molecular weight excluding hydrogens is 396 g/mol. The molecule has 0 aliphatic carbocycles. The molecule has 0 atom stereocenters. The molecule has 1 fully saturated rings. The Balaban J connectivity index is 1.46. The van der Waals surface area contributed by atoms with Gasteiger partial charge in [0, 0.05) is 19.6 Å². The highest BCUT2D eigenvalue weighted by Gasteiger charge is 2.14. The van der Waals surface area contributed by atoms with Crippen molar-refractivity contribution in [3.63, 3.8) is 0 Å². The molecule has 2 amide bonds. The van der Waals surface area contributed by atoms with Crippen molar-refractivity contribution in [2.24, 2.45) is 0 Å². The van der Waals surface area contributed by atoms with Crippen molar-refractivity contribution in [3.8, 4) is 11.8 Å². The van der Waals surface area contributed by atoms with Crippen molar-refractivity contribution < 1.29 is 19.1 Å². The maximum atomic E-state index is 12.6. The van der Waals surface area contributed by atoms with Crippen molar-refractivity contribution in [1.29, 1.82) is 5.26 Å². The second-order valence-corrected chi connectivity index (χ2v) is 7.08. The van der Waals surface area contributed by atoms with Gasteiger partial charge < -0.3 is 20.1 Å². The molecule has 8 nitrogen and oxygen atoms in total. The van der Waals surface area contributed by atoms with Gasteiger partial charge in [0.25, 0.3) is 11.8 Å². The van der Waals surface area contributed by atoms with E-state index >= 15 is 0 Å². The summed E-state index contributed by atoms with van der Waals surface area (Å²) >= 11 is 0. The Morgan fingerprint density at radius 1 is 1.10 bits per heavy atom. The Labute approximate surface area is 181 Å². The Bertz CT molecular complexity index is 918. The van der Waals surface area contributed by atoms with E-state index in [0.717, 1.165) is 39.3 Å². The van der Waals surface area contributed by atoms with Gasteiger partial charge in [-0.1, -0.05) is 12.1 Å². The lowest BCUT2D eigenvalue weighted by Gasteiger charge is -2.26. The number of nitriles is 1. The maximum Gasteiger partial charge on any atom is 0.262 e. The Kier molecular flexibility index (Phi) is 8.40. The predicted octanol–water partition coefficient (Wildman–Crippen LogP) is 2.03. The van der Waals surface area contributed by atoms with Crippen molar-refractivity contribution in [3.05, 3.63) is 59.7 Å². The van der Waals surface area contributed by atoms with Gasteiger partial charge in [-0.25, -0.2) is 0 Å². The molecule has 0 radical (unpaired) electrons. The second-order valence-electron chi connectivity index (χ2n) is 7.08. The van der Waals surface area contributed by atoms with Gasteiger partial charge in [0.05, 0.1) is 36.1 Å². The highest BCUT2D eigenvalue weighted by atomic mass is 16.5. The summed E-state index contributed by atoms with van der Waals surface area (Å²) in [6, 6.07) is 15.4. The van der Waals surface area contributed by atoms with Crippen molar-refractivity contribution in [2.45, 2.75) is 6.42 Å². The summed E-state index contributed by atoms with van der Waals surface area (Å²) in [5.41, 5.74) is 1.35. The number of carbonyl (C=O) groups excluding carboxylic acids is 2. The maximum absolute atomic E-state index is 12.6. The lowest BCUT2D eigenvalue weighted by atomic mass is 10.1. The van der Waals surface area contributed by atoms with E-state index in [1.54, 1.807) is 48.5 Å². The van der Waals surface area contributed by atoms with Gasteiger partial charge >= 0.3 is 0 Å². The first kappa shape index (κ1) is 22.3. The molecule has 1 saturated heterocycles. The molecule has 1 heterocycles. The molecule has 0 aromatic heterocycles. The van der Waals surface area contributed by atoms with Crippen LogP contribution in [0.4, 0.5) is 5.69 Å². The van der Waals surface area contributed by atoms with Gasteiger partial charge in [-0.05, 0) is 49.4 Å². The Morgan fingerprint density at radius 2 is 1.84 bits per heavy atom. The summed E-state index contributed by atoms with van der Waals surface area (Å²) in [6.45, 7) is 4.62. The molecule has 0 spiro atoms. The minimum atomic E-state index is -0.378. The number of rotatable bonds is 9. The molecule has 2 N–H and O–H groups in total. The van der Waals surface area contributed by atoms with E-state index in [9.17, 15) is 9.59 Å². The summed E-state index contributed by atoms with van der Waals surface area (Å²) in [7, 11) is 0. The van der Waals surface area contributed by atoms with E-state index in [-0.39, 0.29) is 18.4 Å². The lowest BCUT2D eigenvalue weighted by molar-refractivity contribution is -0.118. The SMILES string of the molecule is N#Cc1ccc(OCC(=O)Nc2ccccc2C(=O)NCCCN2CCOCC2)cc1. The predicted molar refractivity (Wildman–Crippen MR) is 116 cm³/mol. The van der Waals surface area contributed by atoms with Crippen LogP contribution in [-0.2, 0) is 9.53 Å². The number of nitrogens with zero attached hydrogens (tertiary/aromatic N) is 2. The van der Waals surface area contributed by atoms with E-state index in [1.807, 2.05) is 6.07 Å². The van der Waals surface area contributed by atoms with Crippen LogP contribution < -0.4 is 15.4 Å². The Morgan fingerprint density at radius 3 is 2.58 bits per heavy atom. The molecule has 31 heavy (non-hydrogen) atoms. The second kappa shape index (κ2) is 11.7. The third-order valence-corrected chi connectivity index (χ3v) is 4.84. The van der Waals surface area contributed by atoms with E-state index in [1.165, 1.54) is 0 Å². The van der Waals surface area contributed by atoms with Crippen LogP contribution in [0.3, 0.4) is 0 Å². The van der Waals surface area contributed by atoms with Gasteiger partial charge in [-0.3, -0.25) is 14.5 Å². The van der Waals surface area contributed by atoms with Crippen molar-refractivity contribution >= 4 is 17.5 Å². The molecule has 2 aromatic carbocycles. The first-order valence-corrected chi connectivity index (χ1v) is 10.3. The van der Waals surface area contributed by atoms with E-state index in [2.05, 4.69) is 15.5 Å². The van der Waals surface area contributed by atoms with Crippen LogP contribution >= 0.6 is 0 Å². The third-order valence-electron chi connectivity index (χ3n) is 4.84. The zero-order valence-electron chi connectivity index (χ0n) is 17.3. The smallest absolute Gasteiger partial charge is 0.262 e. The van der Waals surface area contributed by atoms with Crippen LogP contribution in [0.15, 0.2) is 48.5 Å². The highest BCUT2D eigenvalue weighted by Crippen LogP contribution is 2.16. The molecule has 2 aromatic rings. The fourth-order valence-corrected chi connectivity index (χ4v) is 3.18. The van der Waals surface area contributed by atoms with Crippen LogP contribution in [-0.4, -0.2) is 62.7 Å². The zero-order chi connectivity index (χ0) is 21.9. The summed E-state index contributed by atoms with van der Waals surface area (Å²) < 4.78 is 10.8. The molecule has 1 aliphatic rings. The average molecular weight is 422 g/mol. The quantitative estimate of drug-likeness (QED) is 0.600. The summed E-state index contributed by atoms with van der Waals surface area (Å²) in [5, 5.41) is 14.5. The van der Waals surface area contributed by atoms with Crippen LogP contribution in [0.25, 0.3) is 0 Å². The number of carbonyl (C=O) groups is 2. The first-order valence-electron chi connectivity index (χ1n) is 10.3. The minimum absolute atomic E-state index is 0.207. The standard InChI is InChI=1S/C23H26N4O4/c24-16-18-6-8-19(9-7-18)31-17-22(28)26-21-5-2-1-4-20(21)23(29)25-10-3-11-27-12-14-30-15-13-27/h1-2,4-9H,3,10-15,17H2,(H,25,29)(H,26,28). The number of anilines is 1. The van der Waals surface area contributed by atoms with Crippen LogP contribution in [0.2, 0.25) is 0 Å². The van der Waals surface area contributed by atoms with Gasteiger partial charge in [0.15, 0.2) is 6.61 Å². The lowest BCUT2D eigenvalue weighted by Crippen LogP contribution is -2.38. The third kappa shape index (κ3) is 7.10. The van der Waals surface area contributed by atoms with Gasteiger partial charge in [-0.15, -0.1) is 0 Å². The molecule has 0 saturated carbocycles. The number of para-hydroxylation sites is 1. The van der Waals surface area contributed by atoms with Gasteiger partial charge in [-0.2, -0.15) is 5.26 Å². The average Bonchev–Trinajstić information content (AvgIpc) is 2.82. The van der Waals surface area contributed by atoms with Crippen LogP contribution in [0.5, 0.6) is 5.75 Å². The first-order chi connectivity index (χ1) is 15.2. The highest BCUT2D eigenvalue weighted by molar-refractivity contribution is 6.04. The van der Waals surface area contributed by atoms with E-state index in [4.69, 9.17) is 14.7 Å². The fourth-order valence-electron chi connectivity index (χ4n) is 3.18. The minimum Gasteiger partial charge on any atom is -0.484 e. The van der Waals surface area contributed by atoms with Gasteiger partial charge in [0.2, 0.25) is 0 Å². The molecular formula is C23H26N4O4. The Hall–Kier alpha value is -3.41. The van der Waals surface area contributed by atoms with Crippen LogP contribution in [0.1, 0.15) is 22.3 Å². The summed E-state index contributed by atoms with van der Waals surface area (Å²) in [4.78, 5) is 27.2. The number of morpholine rings is 1. The summed E-state index contributed by atoms with van der Waals surface area (Å²) in [6.07, 6.45) is 0.846. The number of hydrogen-bond donors (Lipinski definition) is 2. The number of hydrogen-bond acceptors (Lipinski definition) is 6. The molecule has 1 aliphatic heterocycles. The molecule has 0 bridgehead atoms. The number of amides is 2. The van der Waals surface area contributed by atoms with Crippen molar-refractivity contribution in [1.82, 2.24) is 10.2 Å². The molecule has 8 heteroatoms.